The summed E-state index contributed by atoms with van der Waals surface area (Å²) in [7, 11) is -1.65. The van der Waals surface area contributed by atoms with E-state index in [0.29, 0.717) is 6.04 Å². The molecule has 22 heavy (non-hydrogen) atoms. The Morgan fingerprint density at radius 1 is 0.909 bits per heavy atom. The molecule has 2 aromatic rings. The Morgan fingerprint density at radius 3 is 2.00 bits per heavy atom. The zero-order chi connectivity index (χ0) is 16.0. The molecule has 0 heterocycles. The van der Waals surface area contributed by atoms with Crippen LogP contribution in [0.4, 0.5) is 0 Å². The van der Waals surface area contributed by atoms with E-state index in [2.05, 4.69) is 98.3 Å². The summed E-state index contributed by atoms with van der Waals surface area (Å²) in [5, 5.41) is 1.45. The molecular formula is C20H25NSi. The fourth-order valence-corrected chi connectivity index (χ4v) is 4.63. The largest absolute Gasteiger partial charge is 0.290 e. The predicted octanol–water partition coefficient (Wildman–Crippen LogP) is 4.70. The predicted molar refractivity (Wildman–Crippen MR) is 102 cm³/mol. The van der Waals surface area contributed by atoms with Gasteiger partial charge in [0.15, 0.2) is 0 Å². The van der Waals surface area contributed by atoms with E-state index in [0.717, 1.165) is 0 Å². The van der Waals surface area contributed by atoms with Crippen molar-refractivity contribution in [3.8, 4) is 0 Å². The van der Waals surface area contributed by atoms with Gasteiger partial charge >= 0.3 is 0 Å². The van der Waals surface area contributed by atoms with E-state index in [1.165, 1.54) is 16.3 Å². The van der Waals surface area contributed by atoms with Crippen LogP contribution in [0.3, 0.4) is 0 Å². The van der Waals surface area contributed by atoms with Crippen molar-refractivity contribution in [1.82, 2.24) is 0 Å². The van der Waals surface area contributed by atoms with Gasteiger partial charge in [0, 0.05) is 12.3 Å². The van der Waals surface area contributed by atoms with Gasteiger partial charge < -0.3 is 0 Å². The lowest BCUT2D eigenvalue weighted by Crippen LogP contribution is -2.39. The smallest absolute Gasteiger partial charge is 0.104 e. The molecule has 0 aromatic heterocycles. The Balaban J connectivity index is 2.44. The number of aliphatic imine (C=N–C) groups is 1. The Labute approximate surface area is 135 Å². The molecule has 0 radical (unpaired) electrons. The first-order chi connectivity index (χ1) is 10.5. The first-order valence-corrected chi connectivity index (χ1v) is 10.9. The molecule has 2 heteroatoms. The quantitative estimate of drug-likeness (QED) is 0.560. The second-order valence-electron chi connectivity index (χ2n) is 6.43. The van der Waals surface area contributed by atoms with Gasteiger partial charge in [0.1, 0.15) is 8.07 Å². The van der Waals surface area contributed by atoms with Gasteiger partial charge in [0.05, 0.1) is 0 Å². The number of rotatable bonds is 5. The fraction of sp³-hybridized carbons (Fsp3) is 0.250. The Kier molecular flexibility index (Phi) is 5.50. The average molecular weight is 308 g/mol. The molecular weight excluding hydrogens is 282 g/mol. The maximum atomic E-state index is 4.61. The highest BCUT2D eigenvalue weighted by Gasteiger charge is 2.21. The molecule has 0 bridgehead atoms. The van der Waals surface area contributed by atoms with E-state index in [1.807, 2.05) is 6.21 Å². The zero-order valence-electron chi connectivity index (χ0n) is 14.0. The molecule has 0 saturated heterocycles. The van der Waals surface area contributed by atoms with Crippen molar-refractivity contribution in [1.29, 1.82) is 0 Å². The molecule has 0 spiro atoms. The van der Waals surface area contributed by atoms with Gasteiger partial charge in [-0.3, -0.25) is 4.99 Å². The van der Waals surface area contributed by atoms with Crippen molar-refractivity contribution < 1.29 is 0 Å². The van der Waals surface area contributed by atoms with Crippen LogP contribution >= 0.6 is 0 Å². The van der Waals surface area contributed by atoms with Crippen molar-refractivity contribution >= 4 is 25.0 Å². The van der Waals surface area contributed by atoms with Crippen molar-refractivity contribution in [2.24, 2.45) is 4.99 Å². The number of nitrogens with zero attached hydrogens (tertiary/aromatic N) is 1. The summed E-state index contributed by atoms with van der Waals surface area (Å²) in [6.45, 7) is 8.99. The minimum atomic E-state index is -1.65. The molecule has 114 valence electrons. The SMILES string of the molecule is CC(C)N=C/C(=C\[Si](C)(C)c1ccccc1)c1ccccc1. The molecule has 0 unspecified atom stereocenters. The maximum Gasteiger partial charge on any atom is 0.104 e. The van der Waals surface area contributed by atoms with E-state index < -0.39 is 8.07 Å². The first kappa shape index (κ1) is 16.4. The number of allylic oxidation sites excluding steroid dienone is 1. The van der Waals surface area contributed by atoms with Crippen LogP contribution in [0.15, 0.2) is 71.4 Å². The minimum absolute atomic E-state index is 0.314. The van der Waals surface area contributed by atoms with Gasteiger partial charge in [0.2, 0.25) is 0 Å². The Bertz CT molecular complexity index is 640. The van der Waals surface area contributed by atoms with Gasteiger partial charge in [-0.1, -0.05) is 84.6 Å². The van der Waals surface area contributed by atoms with Crippen LogP contribution in [0.2, 0.25) is 13.1 Å². The van der Waals surface area contributed by atoms with Crippen LogP contribution in [0.5, 0.6) is 0 Å². The number of benzene rings is 2. The third kappa shape index (κ3) is 4.53. The normalized spacial score (nSPS) is 13.0. The summed E-state index contributed by atoms with van der Waals surface area (Å²) in [4.78, 5) is 4.61. The number of hydrogen-bond donors (Lipinski definition) is 0. The Morgan fingerprint density at radius 2 is 1.45 bits per heavy atom. The highest BCUT2D eigenvalue weighted by Crippen LogP contribution is 2.17. The molecule has 1 nitrogen and oxygen atoms in total. The van der Waals surface area contributed by atoms with Crippen LogP contribution in [-0.4, -0.2) is 20.3 Å². The molecule has 0 amide bonds. The van der Waals surface area contributed by atoms with Gasteiger partial charge in [-0.2, -0.15) is 0 Å². The molecule has 0 N–H and O–H groups in total. The molecule has 0 fully saturated rings. The van der Waals surface area contributed by atoms with Gasteiger partial charge in [-0.15, -0.1) is 0 Å². The van der Waals surface area contributed by atoms with Crippen LogP contribution in [0, 0.1) is 0 Å². The lowest BCUT2D eigenvalue weighted by atomic mass is 10.1. The summed E-state index contributed by atoms with van der Waals surface area (Å²) in [5.74, 6) is 0. The molecule has 2 rings (SSSR count). The highest BCUT2D eigenvalue weighted by atomic mass is 28.3. The molecule has 0 aliphatic carbocycles. The average Bonchev–Trinajstić information content (AvgIpc) is 2.53. The van der Waals surface area contributed by atoms with E-state index in [9.17, 15) is 0 Å². The second kappa shape index (κ2) is 7.37. The zero-order valence-corrected chi connectivity index (χ0v) is 15.0. The van der Waals surface area contributed by atoms with E-state index in [1.54, 1.807) is 0 Å². The van der Waals surface area contributed by atoms with Crippen LogP contribution in [0.1, 0.15) is 19.4 Å². The summed E-state index contributed by atoms with van der Waals surface area (Å²) < 4.78 is 0. The van der Waals surface area contributed by atoms with Crippen LogP contribution < -0.4 is 5.19 Å². The van der Waals surface area contributed by atoms with Gasteiger partial charge in [-0.25, -0.2) is 0 Å². The summed E-state index contributed by atoms with van der Waals surface area (Å²) in [6, 6.07) is 21.7. The number of hydrogen-bond acceptors (Lipinski definition) is 1. The summed E-state index contributed by atoms with van der Waals surface area (Å²) >= 11 is 0. The third-order valence-electron chi connectivity index (χ3n) is 3.65. The van der Waals surface area contributed by atoms with Gasteiger partial charge in [-0.05, 0) is 25.0 Å². The van der Waals surface area contributed by atoms with Crippen molar-refractivity contribution in [2.75, 3.05) is 0 Å². The molecule has 2 aromatic carbocycles. The highest BCUT2D eigenvalue weighted by molar-refractivity contribution is 6.94. The van der Waals surface area contributed by atoms with Crippen LogP contribution in [-0.2, 0) is 0 Å². The lowest BCUT2D eigenvalue weighted by molar-refractivity contribution is 0.842. The third-order valence-corrected chi connectivity index (χ3v) is 6.51. The van der Waals surface area contributed by atoms with E-state index >= 15 is 0 Å². The van der Waals surface area contributed by atoms with Crippen molar-refractivity contribution in [3.63, 3.8) is 0 Å². The molecule has 0 aliphatic heterocycles. The standard InChI is InChI=1S/C20H25NSi/c1-17(2)21-15-19(18-11-7-5-8-12-18)16-22(3,4)20-13-9-6-10-14-20/h5-17H,1-4H3/b19-16+,21-15?. The molecule has 0 saturated carbocycles. The lowest BCUT2D eigenvalue weighted by Gasteiger charge is -2.20. The van der Waals surface area contributed by atoms with E-state index in [-0.39, 0.29) is 0 Å². The second-order valence-corrected chi connectivity index (χ2v) is 10.7. The van der Waals surface area contributed by atoms with Gasteiger partial charge in [0.25, 0.3) is 0 Å². The summed E-state index contributed by atoms with van der Waals surface area (Å²) in [6.07, 6.45) is 2.04. The van der Waals surface area contributed by atoms with Crippen molar-refractivity contribution in [2.45, 2.75) is 33.0 Å². The maximum absolute atomic E-state index is 4.61. The monoisotopic (exact) mass is 307 g/mol. The Hall–Kier alpha value is -1.93. The minimum Gasteiger partial charge on any atom is -0.290 e. The van der Waals surface area contributed by atoms with E-state index in [4.69, 9.17) is 0 Å². The van der Waals surface area contributed by atoms with Crippen molar-refractivity contribution in [3.05, 3.63) is 71.9 Å². The fourth-order valence-electron chi connectivity index (χ4n) is 2.39. The molecule has 0 aliphatic rings. The molecule has 0 atom stereocenters. The summed E-state index contributed by atoms with van der Waals surface area (Å²) in [5.41, 5.74) is 4.92. The first-order valence-electron chi connectivity index (χ1n) is 7.86. The van der Waals surface area contributed by atoms with Crippen LogP contribution in [0.25, 0.3) is 5.57 Å². The topological polar surface area (TPSA) is 12.4 Å².